The highest BCUT2D eigenvalue weighted by Gasteiger charge is 2.34. The molecule has 0 spiro atoms. The number of allylic oxidation sites excluding steroid dienone is 1. The van der Waals surface area contributed by atoms with Crippen LogP contribution in [0.15, 0.2) is 149 Å². The van der Waals surface area contributed by atoms with E-state index in [9.17, 15) is 19.8 Å². The van der Waals surface area contributed by atoms with E-state index >= 15 is 0 Å². The molecule has 48 heavy (non-hydrogen) atoms. The fraction of sp³-hybridized carbons (Fsp3) is 0.0789. The van der Waals surface area contributed by atoms with Gasteiger partial charge in [-0.05, 0) is 53.3 Å². The van der Waals surface area contributed by atoms with Crippen molar-refractivity contribution in [1.29, 1.82) is 0 Å². The molecule has 8 rings (SSSR count). The number of rotatable bonds is 6. The Labute approximate surface area is 282 Å². The molecule has 0 radical (unpaired) electrons. The molecule has 0 saturated heterocycles. The zero-order valence-electron chi connectivity index (χ0n) is 25.8. The third-order valence-electron chi connectivity index (χ3n) is 8.71. The van der Waals surface area contributed by atoms with Crippen LogP contribution in [0.2, 0.25) is 0 Å². The van der Waals surface area contributed by atoms with Gasteiger partial charge in [0.05, 0.1) is 34.1 Å². The van der Waals surface area contributed by atoms with Gasteiger partial charge in [-0.3, -0.25) is 9.59 Å². The van der Waals surface area contributed by atoms with E-state index in [0.717, 1.165) is 21.6 Å². The largest absolute Gasteiger partial charge is 0.506 e. The SMILES string of the molecule is CC1=C[SH](c2c(O)c3ccccc3n(Cc3ccccc3)c2=O)C2=C1SN=C(c1c(O)c3ccccc3n(Cc3ccccc3)c1=O)N2. The number of nitrogens with one attached hydrogen (secondary N) is 1. The van der Waals surface area contributed by atoms with Gasteiger partial charge in [-0.25, -0.2) is 0 Å². The smallest absolute Gasteiger partial charge is 0.267 e. The van der Waals surface area contributed by atoms with Crippen LogP contribution in [0.5, 0.6) is 11.5 Å². The quantitative estimate of drug-likeness (QED) is 0.113. The topological polar surface area (TPSA) is 109 Å². The summed E-state index contributed by atoms with van der Waals surface area (Å²) in [6, 6.07) is 34.1. The first kappa shape index (κ1) is 29.9. The fourth-order valence-electron chi connectivity index (χ4n) is 6.40. The van der Waals surface area contributed by atoms with E-state index in [0.29, 0.717) is 44.8 Å². The molecule has 8 nitrogen and oxygen atoms in total. The van der Waals surface area contributed by atoms with Gasteiger partial charge in [0.15, 0.2) is 5.84 Å². The van der Waals surface area contributed by atoms with E-state index in [2.05, 4.69) is 9.71 Å². The number of nitrogens with zero attached hydrogens (tertiary/aromatic N) is 3. The van der Waals surface area contributed by atoms with Crippen LogP contribution in [0, 0.1) is 0 Å². The predicted molar refractivity (Wildman–Crippen MR) is 196 cm³/mol. The molecule has 4 heterocycles. The van der Waals surface area contributed by atoms with Crippen LogP contribution in [0.25, 0.3) is 21.8 Å². The Morgan fingerprint density at radius 3 is 1.83 bits per heavy atom. The van der Waals surface area contributed by atoms with Crippen LogP contribution in [0.4, 0.5) is 0 Å². The van der Waals surface area contributed by atoms with E-state index in [1.54, 1.807) is 15.2 Å². The molecule has 4 aromatic carbocycles. The van der Waals surface area contributed by atoms with Crippen molar-refractivity contribution in [3.8, 4) is 11.5 Å². The molecule has 238 valence electrons. The summed E-state index contributed by atoms with van der Waals surface area (Å²) in [5.41, 5.74) is 3.45. The Balaban J connectivity index is 1.25. The number of pyridine rings is 2. The normalized spacial score (nSPS) is 16.5. The second-order valence-electron chi connectivity index (χ2n) is 11.7. The second-order valence-corrected chi connectivity index (χ2v) is 14.4. The fourth-order valence-corrected chi connectivity index (χ4v) is 9.86. The van der Waals surface area contributed by atoms with E-state index in [-0.39, 0.29) is 28.5 Å². The molecule has 1 atom stereocenters. The van der Waals surface area contributed by atoms with Crippen LogP contribution in [-0.4, -0.2) is 25.2 Å². The van der Waals surface area contributed by atoms with Gasteiger partial charge in [0.25, 0.3) is 11.1 Å². The Kier molecular flexibility index (Phi) is 7.46. The van der Waals surface area contributed by atoms with Crippen LogP contribution >= 0.6 is 22.8 Å². The van der Waals surface area contributed by atoms with Crippen molar-refractivity contribution in [2.24, 2.45) is 4.40 Å². The van der Waals surface area contributed by atoms with Crippen molar-refractivity contribution >= 4 is 50.5 Å². The molecule has 0 bridgehead atoms. The summed E-state index contributed by atoms with van der Waals surface area (Å²) < 4.78 is 8.04. The van der Waals surface area contributed by atoms with Gasteiger partial charge >= 0.3 is 0 Å². The minimum atomic E-state index is -1.53. The van der Waals surface area contributed by atoms with E-state index < -0.39 is 16.5 Å². The van der Waals surface area contributed by atoms with Crippen LogP contribution in [0.3, 0.4) is 0 Å². The zero-order chi connectivity index (χ0) is 32.9. The predicted octanol–water partition coefficient (Wildman–Crippen LogP) is 6.97. The minimum Gasteiger partial charge on any atom is -0.506 e. The number of fused-ring (bicyclic) bond motifs is 2. The third-order valence-corrected chi connectivity index (χ3v) is 12.2. The minimum absolute atomic E-state index is 0.0485. The van der Waals surface area contributed by atoms with Gasteiger partial charge in [-0.15, -0.1) is 0 Å². The Bertz CT molecular complexity index is 2490. The highest BCUT2D eigenvalue weighted by molar-refractivity contribution is 8.24. The molecule has 3 N–H and O–H groups in total. The summed E-state index contributed by atoms with van der Waals surface area (Å²) in [6.45, 7) is 2.60. The van der Waals surface area contributed by atoms with E-state index in [1.165, 1.54) is 11.9 Å². The lowest BCUT2D eigenvalue weighted by atomic mass is 10.1. The summed E-state index contributed by atoms with van der Waals surface area (Å²) in [6.07, 6.45) is 0. The number of amidine groups is 1. The summed E-state index contributed by atoms with van der Waals surface area (Å²) in [5, 5.41) is 30.5. The first-order valence-electron chi connectivity index (χ1n) is 15.4. The molecule has 0 amide bonds. The Hall–Kier alpha value is -5.45. The summed E-state index contributed by atoms with van der Waals surface area (Å²) in [7, 11) is -1.53. The van der Waals surface area contributed by atoms with Gasteiger partial charge in [0, 0.05) is 22.7 Å². The third kappa shape index (κ3) is 4.92. The second kappa shape index (κ2) is 12.0. The van der Waals surface area contributed by atoms with Crippen molar-refractivity contribution in [1.82, 2.24) is 14.5 Å². The number of hydrogen-bond acceptors (Lipinski definition) is 7. The summed E-state index contributed by atoms with van der Waals surface area (Å²) in [4.78, 5) is 29.8. The maximum atomic E-state index is 14.4. The maximum Gasteiger partial charge on any atom is 0.267 e. The summed E-state index contributed by atoms with van der Waals surface area (Å²) >= 11 is 1.20. The number of benzene rings is 4. The molecule has 0 saturated carbocycles. The molecule has 0 aliphatic carbocycles. The number of aromatic nitrogens is 2. The van der Waals surface area contributed by atoms with E-state index in [1.807, 2.05) is 115 Å². The van der Waals surface area contributed by atoms with Gasteiger partial charge in [0.2, 0.25) is 0 Å². The highest BCUT2D eigenvalue weighted by Crippen LogP contribution is 2.57. The molecule has 2 aromatic heterocycles. The molecule has 2 aliphatic heterocycles. The molecule has 10 heteroatoms. The van der Waals surface area contributed by atoms with Crippen molar-refractivity contribution in [3.63, 3.8) is 0 Å². The Morgan fingerprint density at radius 2 is 1.23 bits per heavy atom. The van der Waals surface area contributed by atoms with Crippen LogP contribution in [-0.2, 0) is 13.1 Å². The zero-order valence-corrected chi connectivity index (χ0v) is 27.5. The molecule has 0 fully saturated rings. The molecule has 6 aromatic rings. The highest BCUT2D eigenvalue weighted by atomic mass is 32.2. The first-order valence-corrected chi connectivity index (χ1v) is 17.6. The lowest BCUT2D eigenvalue weighted by molar-refractivity contribution is 0.464. The standard InChI is InChI=1S/C38H30N4O4S2/c1-23-22-48(34-32(44)27-17-9-11-19-29(27)42(38(34)46)21-25-14-6-3-7-15-25)36-33(23)47-40-35(39-36)30-31(43)26-16-8-10-18-28(26)41(37(30)45)20-24-12-4-2-5-13-24/h2-19,22,43-44,48H,20-21H2,1H3,(H,39,40). The molecule has 1 unspecified atom stereocenters. The molecule has 2 aliphatic rings. The van der Waals surface area contributed by atoms with Crippen LogP contribution in [0.1, 0.15) is 23.6 Å². The number of thiol groups is 1. The van der Waals surface area contributed by atoms with E-state index in [4.69, 9.17) is 0 Å². The Morgan fingerprint density at radius 1 is 0.708 bits per heavy atom. The molecular formula is C38H30N4O4S2. The average Bonchev–Trinajstić information content (AvgIpc) is 3.44. The van der Waals surface area contributed by atoms with Gasteiger partial charge in [-0.1, -0.05) is 84.9 Å². The number of para-hydroxylation sites is 2. The maximum absolute atomic E-state index is 14.4. The number of aromatic hydroxyl groups is 2. The first-order chi connectivity index (χ1) is 23.4. The lowest BCUT2D eigenvalue weighted by Gasteiger charge is -2.26. The van der Waals surface area contributed by atoms with Gasteiger partial charge < -0.3 is 24.7 Å². The van der Waals surface area contributed by atoms with Crippen molar-refractivity contribution in [2.45, 2.75) is 24.9 Å². The van der Waals surface area contributed by atoms with Crippen molar-refractivity contribution in [2.75, 3.05) is 0 Å². The lowest BCUT2D eigenvalue weighted by Crippen LogP contribution is -2.35. The average molecular weight is 671 g/mol. The monoisotopic (exact) mass is 670 g/mol. The molecular weight excluding hydrogens is 641 g/mol. The number of hydrogen-bond donors (Lipinski definition) is 4. The van der Waals surface area contributed by atoms with Gasteiger partial charge in [0.1, 0.15) is 22.0 Å². The van der Waals surface area contributed by atoms with Crippen LogP contribution < -0.4 is 16.4 Å². The van der Waals surface area contributed by atoms with Crippen molar-refractivity contribution < 1.29 is 10.2 Å². The summed E-state index contributed by atoms with van der Waals surface area (Å²) in [5.74, 6) is -0.0191. The van der Waals surface area contributed by atoms with Crippen molar-refractivity contribution in [3.05, 3.63) is 168 Å². The van der Waals surface area contributed by atoms with Gasteiger partial charge in [-0.2, -0.15) is 15.3 Å².